The summed E-state index contributed by atoms with van der Waals surface area (Å²) in [7, 11) is 3.56. The molecule has 7 nitrogen and oxygen atoms in total. The minimum absolute atomic E-state index is 0.0703. The average Bonchev–Trinajstić information content (AvgIpc) is 3.21. The summed E-state index contributed by atoms with van der Waals surface area (Å²) in [6, 6.07) is 9.51. The highest BCUT2D eigenvalue weighted by Crippen LogP contribution is 2.31. The first kappa shape index (κ1) is 20.5. The topological polar surface area (TPSA) is 69.5 Å². The van der Waals surface area contributed by atoms with E-state index >= 15 is 0 Å². The number of rotatable bonds is 6. The highest BCUT2D eigenvalue weighted by atomic mass is 35.5. The van der Waals surface area contributed by atoms with Crippen LogP contribution < -0.4 is 9.47 Å². The van der Waals surface area contributed by atoms with Gasteiger partial charge in [-0.2, -0.15) is 4.98 Å². The quantitative estimate of drug-likeness (QED) is 0.559. The highest BCUT2D eigenvalue weighted by Gasteiger charge is 2.34. The molecule has 1 fully saturated rings. The maximum absolute atomic E-state index is 12.6. The van der Waals surface area contributed by atoms with Crippen LogP contribution in [0.5, 0.6) is 11.6 Å². The van der Waals surface area contributed by atoms with Crippen LogP contribution in [-0.2, 0) is 18.4 Å². The molecule has 1 aromatic carbocycles. The Morgan fingerprint density at radius 2 is 2.00 bits per heavy atom. The Morgan fingerprint density at radius 1 is 1.27 bits per heavy atom. The number of halogens is 1. The van der Waals surface area contributed by atoms with Gasteiger partial charge in [0.2, 0.25) is 11.8 Å². The molecule has 30 heavy (non-hydrogen) atoms. The van der Waals surface area contributed by atoms with Crippen molar-refractivity contribution in [2.24, 2.45) is 13.0 Å². The molecule has 0 bridgehead atoms. The van der Waals surface area contributed by atoms with Crippen LogP contribution in [0, 0.1) is 12.8 Å². The molecule has 4 rings (SSSR count). The Balaban J connectivity index is 1.47. The predicted molar refractivity (Wildman–Crippen MR) is 115 cm³/mol. The van der Waals surface area contributed by atoms with Gasteiger partial charge in [0.15, 0.2) is 0 Å². The van der Waals surface area contributed by atoms with Gasteiger partial charge in [-0.3, -0.25) is 4.79 Å². The zero-order valence-electron chi connectivity index (χ0n) is 17.6. The molecule has 0 radical (unpaired) electrons. The van der Waals surface area contributed by atoms with E-state index < -0.39 is 0 Å². The van der Waals surface area contributed by atoms with Crippen LogP contribution in [0.1, 0.15) is 24.7 Å². The molecule has 0 aliphatic carbocycles. The van der Waals surface area contributed by atoms with Gasteiger partial charge >= 0.3 is 0 Å². The van der Waals surface area contributed by atoms with Gasteiger partial charge in [0.05, 0.1) is 12.6 Å². The van der Waals surface area contributed by atoms with Crippen molar-refractivity contribution < 1.29 is 14.3 Å². The van der Waals surface area contributed by atoms with E-state index in [1.54, 1.807) is 13.2 Å². The summed E-state index contributed by atoms with van der Waals surface area (Å²) in [5.74, 6) is 2.31. The molecule has 3 heterocycles. The summed E-state index contributed by atoms with van der Waals surface area (Å²) < 4.78 is 13.3. The number of pyridine rings is 1. The lowest BCUT2D eigenvalue weighted by molar-refractivity contribution is -0.128. The minimum atomic E-state index is -0.195. The lowest BCUT2D eigenvalue weighted by atomic mass is 10.0. The van der Waals surface area contributed by atoms with E-state index in [-0.39, 0.29) is 17.9 Å². The Kier molecular flexibility index (Phi) is 5.56. The third-order valence-corrected chi connectivity index (χ3v) is 5.94. The Hall–Kier alpha value is -2.80. The van der Waals surface area contributed by atoms with Crippen LogP contribution in [0.15, 0.2) is 30.3 Å². The van der Waals surface area contributed by atoms with Crippen molar-refractivity contribution in [3.63, 3.8) is 0 Å². The molecule has 0 spiro atoms. The fraction of sp³-hybridized carbons (Fsp3) is 0.409. The van der Waals surface area contributed by atoms with Gasteiger partial charge < -0.3 is 18.9 Å². The lowest BCUT2D eigenvalue weighted by Crippen LogP contribution is -2.28. The van der Waals surface area contributed by atoms with Crippen LogP contribution in [-0.4, -0.2) is 45.1 Å². The Morgan fingerprint density at radius 3 is 2.70 bits per heavy atom. The van der Waals surface area contributed by atoms with Crippen molar-refractivity contribution in [3.8, 4) is 11.6 Å². The summed E-state index contributed by atoms with van der Waals surface area (Å²) in [5.41, 5.74) is 2.63. The number of carbonyl (C=O) groups is 1. The van der Waals surface area contributed by atoms with E-state index in [0.717, 1.165) is 28.2 Å². The number of hydrogen-bond donors (Lipinski definition) is 0. The number of hydrogen-bond acceptors (Lipinski definition) is 5. The Bertz CT molecular complexity index is 1080. The van der Waals surface area contributed by atoms with Crippen molar-refractivity contribution in [1.29, 1.82) is 0 Å². The van der Waals surface area contributed by atoms with Crippen LogP contribution in [0.2, 0.25) is 5.15 Å². The standard InChI is InChI=1S/C22H25ClN4O3/c1-13(30-22-21-18(10-19(23)25-22)24-14(2)26(21)3)16-9-20(28)27(12-16)11-15-5-7-17(29-4)8-6-15/h5-8,10,13,16H,9,11-12H2,1-4H3/t13-,16?/m1/s1. The molecule has 1 aliphatic rings. The van der Waals surface area contributed by atoms with E-state index in [2.05, 4.69) is 9.97 Å². The van der Waals surface area contributed by atoms with Gasteiger partial charge in [-0.1, -0.05) is 23.7 Å². The molecule has 3 aromatic rings. The summed E-state index contributed by atoms with van der Waals surface area (Å²) in [5, 5.41) is 0.339. The highest BCUT2D eigenvalue weighted by molar-refractivity contribution is 6.30. The number of aryl methyl sites for hydroxylation is 2. The van der Waals surface area contributed by atoms with Crippen molar-refractivity contribution in [1.82, 2.24) is 19.4 Å². The van der Waals surface area contributed by atoms with Crippen molar-refractivity contribution in [2.75, 3.05) is 13.7 Å². The van der Waals surface area contributed by atoms with E-state index in [4.69, 9.17) is 21.1 Å². The normalized spacial score (nSPS) is 17.6. The van der Waals surface area contributed by atoms with E-state index in [0.29, 0.717) is 30.5 Å². The number of aromatic nitrogens is 3. The maximum atomic E-state index is 12.6. The molecule has 158 valence electrons. The first-order valence-corrected chi connectivity index (χ1v) is 10.3. The molecular weight excluding hydrogens is 404 g/mol. The molecule has 1 aliphatic heterocycles. The summed E-state index contributed by atoms with van der Waals surface area (Å²) in [4.78, 5) is 23.4. The van der Waals surface area contributed by atoms with E-state index in [1.165, 1.54) is 0 Å². The number of carbonyl (C=O) groups excluding carboxylic acids is 1. The van der Waals surface area contributed by atoms with Crippen LogP contribution >= 0.6 is 11.6 Å². The number of nitrogens with zero attached hydrogens (tertiary/aromatic N) is 4. The first-order valence-electron chi connectivity index (χ1n) is 9.92. The first-order chi connectivity index (χ1) is 14.4. The number of imidazole rings is 1. The average molecular weight is 429 g/mol. The van der Waals surface area contributed by atoms with E-state index in [1.807, 2.05) is 54.6 Å². The number of benzene rings is 1. The molecule has 1 amide bonds. The number of methoxy groups -OCH3 is 1. The molecule has 0 saturated carbocycles. The second-order valence-electron chi connectivity index (χ2n) is 7.75. The van der Waals surface area contributed by atoms with E-state index in [9.17, 15) is 4.79 Å². The van der Waals surface area contributed by atoms with Crippen molar-refractivity contribution in [3.05, 3.63) is 46.9 Å². The zero-order valence-corrected chi connectivity index (χ0v) is 18.3. The molecule has 1 unspecified atom stereocenters. The van der Waals surface area contributed by atoms with Gasteiger partial charge in [-0.25, -0.2) is 4.98 Å². The maximum Gasteiger partial charge on any atom is 0.241 e. The number of fused-ring (bicyclic) bond motifs is 1. The van der Waals surface area contributed by atoms with Gasteiger partial charge in [0.1, 0.15) is 28.3 Å². The molecule has 2 atom stereocenters. The smallest absolute Gasteiger partial charge is 0.241 e. The number of ether oxygens (including phenoxy) is 2. The van der Waals surface area contributed by atoms with Gasteiger partial charge in [-0.15, -0.1) is 0 Å². The van der Waals surface area contributed by atoms with Gasteiger partial charge in [0, 0.05) is 38.5 Å². The second kappa shape index (κ2) is 8.14. The third kappa shape index (κ3) is 3.94. The SMILES string of the molecule is COc1ccc(CN2CC([C@@H](C)Oc3nc(Cl)cc4nc(C)n(C)c34)CC2=O)cc1. The monoisotopic (exact) mass is 428 g/mol. The fourth-order valence-electron chi connectivity index (χ4n) is 3.86. The van der Waals surface area contributed by atoms with Gasteiger partial charge in [-0.05, 0) is 31.5 Å². The number of likely N-dealkylation sites (tertiary alicyclic amines) is 1. The lowest BCUT2D eigenvalue weighted by Gasteiger charge is -2.22. The summed E-state index contributed by atoms with van der Waals surface area (Å²) in [6.07, 6.45) is 0.255. The van der Waals surface area contributed by atoms with Crippen molar-refractivity contribution >= 4 is 28.5 Å². The van der Waals surface area contributed by atoms with Crippen LogP contribution in [0.3, 0.4) is 0 Å². The third-order valence-electron chi connectivity index (χ3n) is 5.75. The summed E-state index contributed by atoms with van der Waals surface area (Å²) >= 11 is 6.18. The molecule has 1 saturated heterocycles. The van der Waals surface area contributed by atoms with Crippen LogP contribution in [0.4, 0.5) is 0 Å². The van der Waals surface area contributed by atoms with Gasteiger partial charge in [0.25, 0.3) is 0 Å². The molecule has 8 heteroatoms. The fourth-order valence-corrected chi connectivity index (χ4v) is 4.04. The van der Waals surface area contributed by atoms with Crippen LogP contribution in [0.25, 0.3) is 11.0 Å². The number of amides is 1. The Labute approximate surface area is 180 Å². The van der Waals surface area contributed by atoms with Crippen molar-refractivity contribution in [2.45, 2.75) is 32.9 Å². The zero-order chi connectivity index (χ0) is 21.4. The predicted octanol–water partition coefficient (Wildman–Crippen LogP) is 3.75. The largest absolute Gasteiger partial charge is 0.497 e. The minimum Gasteiger partial charge on any atom is -0.497 e. The molecular formula is C22H25ClN4O3. The molecule has 2 aromatic heterocycles. The second-order valence-corrected chi connectivity index (χ2v) is 8.13. The summed E-state index contributed by atoms with van der Waals surface area (Å²) in [6.45, 7) is 5.12. The molecule has 0 N–H and O–H groups in total.